The molecule has 2 amide bonds. The fraction of sp³-hybridized carbons (Fsp3) is 0.136. The SMILES string of the molecule is CC1=CC2=NC(Cc3ccc(Br)cc3)(NC(=O)c3ccccc3)C(=O)N2C=C1. The van der Waals surface area contributed by atoms with Gasteiger partial charge in [-0.1, -0.05) is 46.3 Å². The summed E-state index contributed by atoms with van der Waals surface area (Å²) in [5.41, 5.74) is 0.995. The third-order valence-corrected chi connectivity index (χ3v) is 5.23. The summed E-state index contributed by atoms with van der Waals surface area (Å²) in [5.74, 6) is -0.0647. The highest BCUT2D eigenvalue weighted by molar-refractivity contribution is 9.10. The average molecular weight is 436 g/mol. The lowest BCUT2D eigenvalue weighted by Gasteiger charge is -2.27. The minimum Gasteiger partial charge on any atom is -0.320 e. The quantitative estimate of drug-likeness (QED) is 0.792. The first-order chi connectivity index (χ1) is 13.5. The largest absolute Gasteiger partial charge is 0.320 e. The van der Waals surface area contributed by atoms with Crippen LogP contribution in [0.25, 0.3) is 0 Å². The number of nitrogens with one attached hydrogen (secondary N) is 1. The lowest BCUT2D eigenvalue weighted by atomic mass is 9.98. The Morgan fingerprint density at radius 3 is 2.57 bits per heavy atom. The maximum atomic E-state index is 13.3. The molecular weight excluding hydrogens is 418 g/mol. The van der Waals surface area contributed by atoms with Crippen molar-refractivity contribution in [3.8, 4) is 0 Å². The van der Waals surface area contributed by atoms with E-state index >= 15 is 0 Å². The Morgan fingerprint density at radius 2 is 1.86 bits per heavy atom. The Morgan fingerprint density at radius 1 is 1.14 bits per heavy atom. The van der Waals surface area contributed by atoms with E-state index in [1.54, 1.807) is 30.5 Å². The Balaban J connectivity index is 1.73. The first-order valence-corrected chi connectivity index (χ1v) is 9.68. The van der Waals surface area contributed by atoms with Crippen molar-refractivity contribution in [1.29, 1.82) is 0 Å². The van der Waals surface area contributed by atoms with Crippen molar-refractivity contribution in [3.05, 3.63) is 94.1 Å². The number of carbonyl (C=O) groups is 2. The van der Waals surface area contributed by atoms with Gasteiger partial charge in [-0.2, -0.15) is 0 Å². The molecule has 0 aromatic heterocycles. The second kappa shape index (κ2) is 7.20. The summed E-state index contributed by atoms with van der Waals surface area (Å²) in [6, 6.07) is 16.5. The van der Waals surface area contributed by atoms with Gasteiger partial charge in [0.25, 0.3) is 11.8 Å². The van der Waals surface area contributed by atoms with Crippen molar-refractivity contribution >= 4 is 33.6 Å². The standard InChI is InChI=1S/C22H18BrN3O2/c1-15-11-12-26-19(13-15)24-22(21(26)28,14-16-7-9-18(23)10-8-16)25-20(27)17-5-3-2-4-6-17/h2-13H,14H2,1H3,(H,25,27). The van der Waals surface area contributed by atoms with Crippen molar-refractivity contribution in [2.24, 2.45) is 4.99 Å². The number of amidine groups is 1. The zero-order valence-corrected chi connectivity index (χ0v) is 16.8. The van der Waals surface area contributed by atoms with Crippen molar-refractivity contribution in [3.63, 3.8) is 0 Å². The molecule has 140 valence electrons. The van der Waals surface area contributed by atoms with E-state index in [1.807, 2.05) is 49.4 Å². The van der Waals surface area contributed by atoms with Gasteiger partial charge in [0.1, 0.15) is 5.84 Å². The molecule has 0 fully saturated rings. The molecule has 0 spiro atoms. The molecule has 2 aromatic rings. The second-order valence-corrected chi connectivity index (χ2v) is 7.75. The van der Waals surface area contributed by atoms with E-state index in [4.69, 9.17) is 0 Å². The van der Waals surface area contributed by atoms with E-state index in [0.717, 1.165) is 15.6 Å². The number of aliphatic imine (C=N–C) groups is 1. The zero-order valence-electron chi connectivity index (χ0n) is 15.2. The number of hydrogen-bond acceptors (Lipinski definition) is 3. The maximum Gasteiger partial charge on any atom is 0.281 e. The van der Waals surface area contributed by atoms with Crippen LogP contribution in [-0.2, 0) is 11.2 Å². The van der Waals surface area contributed by atoms with Gasteiger partial charge < -0.3 is 5.32 Å². The highest BCUT2D eigenvalue weighted by atomic mass is 79.9. The normalized spacial score (nSPS) is 20.5. The van der Waals surface area contributed by atoms with Crippen molar-refractivity contribution in [2.75, 3.05) is 0 Å². The van der Waals surface area contributed by atoms with Gasteiger partial charge in [0, 0.05) is 22.7 Å². The third-order valence-electron chi connectivity index (χ3n) is 4.70. The molecule has 0 aliphatic carbocycles. The van der Waals surface area contributed by atoms with Crippen LogP contribution < -0.4 is 5.32 Å². The van der Waals surface area contributed by atoms with E-state index in [-0.39, 0.29) is 18.2 Å². The Bertz CT molecular complexity index is 1030. The molecule has 1 unspecified atom stereocenters. The van der Waals surface area contributed by atoms with Crippen LogP contribution in [0.1, 0.15) is 22.8 Å². The summed E-state index contributed by atoms with van der Waals surface area (Å²) < 4.78 is 0.946. The van der Waals surface area contributed by atoms with Crippen molar-refractivity contribution < 1.29 is 9.59 Å². The second-order valence-electron chi connectivity index (χ2n) is 6.83. The zero-order chi connectivity index (χ0) is 19.7. The molecule has 1 atom stereocenters. The number of allylic oxidation sites excluding steroid dienone is 2. The van der Waals surface area contributed by atoms with Gasteiger partial charge >= 0.3 is 0 Å². The fourth-order valence-electron chi connectivity index (χ4n) is 3.28. The molecule has 0 saturated heterocycles. The molecule has 2 aliphatic heterocycles. The maximum absolute atomic E-state index is 13.3. The van der Waals surface area contributed by atoms with Gasteiger partial charge in [0.05, 0.1) is 0 Å². The minimum absolute atomic E-state index is 0.262. The smallest absolute Gasteiger partial charge is 0.281 e. The van der Waals surface area contributed by atoms with Gasteiger partial charge in [-0.05, 0) is 54.5 Å². The molecule has 28 heavy (non-hydrogen) atoms. The van der Waals surface area contributed by atoms with E-state index in [2.05, 4.69) is 26.2 Å². The van der Waals surface area contributed by atoms with Crippen LogP contribution in [0.15, 0.2) is 88.0 Å². The summed E-state index contributed by atoms with van der Waals surface area (Å²) >= 11 is 3.42. The summed E-state index contributed by atoms with van der Waals surface area (Å²) in [6.07, 6.45) is 5.66. The number of carbonyl (C=O) groups excluding carboxylic acids is 2. The number of halogens is 1. The Kier molecular flexibility index (Phi) is 4.73. The lowest BCUT2D eigenvalue weighted by Crippen LogP contribution is -2.55. The van der Waals surface area contributed by atoms with Crippen LogP contribution in [0.2, 0.25) is 0 Å². The van der Waals surface area contributed by atoms with Gasteiger partial charge in [-0.25, -0.2) is 4.99 Å². The first kappa shape index (κ1) is 18.4. The van der Waals surface area contributed by atoms with Gasteiger partial charge in [-0.3, -0.25) is 14.5 Å². The number of rotatable bonds is 4. The summed E-state index contributed by atoms with van der Waals surface area (Å²) in [4.78, 5) is 32.4. The highest BCUT2D eigenvalue weighted by Crippen LogP contribution is 2.29. The predicted octanol–water partition coefficient (Wildman–Crippen LogP) is 3.83. The molecule has 0 radical (unpaired) electrons. The number of hydrogen-bond donors (Lipinski definition) is 1. The Hall–Kier alpha value is -2.99. The molecular formula is C22H18BrN3O2. The molecule has 2 aliphatic rings. The molecule has 2 aromatic carbocycles. The van der Waals surface area contributed by atoms with Crippen LogP contribution in [0.5, 0.6) is 0 Å². The summed E-state index contributed by atoms with van der Waals surface area (Å²) in [6.45, 7) is 1.94. The van der Waals surface area contributed by atoms with Crippen LogP contribution in [0.4, 0.5) is 0 Å². The van der Waals surface area contributed by atoms with Crippen LogP contribution in [0, 0.1) is 0 Å². The predicted molar refractivity (Wildman–Crippen MR) is 112 cm³/mol. The van der Waals surface area contributed by atoms with Crippen LogP contribution >= 0.6 is 15.9 Å². The lowest BCUT2D eigenvalue weighted by molar-refractivity contribution is -0.130. The van der Waals surface area contributed by atoms with Crippen LogP contribution in [-0.4, -0.2) is 28.2 Å². The van der Waals surface area contributed by atoms with E-state index < -0.39 is 5.66 Å². The monoisotopic (exact) mass is 435 g/mol. The number of amides is 2. The first-order valence-electron chi connectivity index (χ1n) is 8.89. The minimum atomic E-state index is -1.39. The highest BCUT2D eigenvalue weighted by Gasteiger charge is 2.49. The Labute approximate surface area is 171 Å². The average Bonchev–Trinajstić information content (AvgIpc) is 2.95. The molecule has 4 rings (SSSR count). The van der Waals surface area contributed by atoms with E-state index in [0.29, 0.717) is 11.4 Å². The van der Waals surface area contributed by atoms with Crippen LogP contribution in [0.3, 0.4) is 0 Å². The summed E-state index contributed by atoms with van der Waals surface area (Å²) in [5, 5.41) is 2.90. The molecule has 0 saturated carbocycles. The molecule has 6 heteroatoms. The van der Waals surface area contributed by atoms with Gasteiger partial charge in [-0.15, -0.1) is 0 Å². The fourth-order valence-corrected chi connectivity index (χ4v) is 3.54. The van der Waals surface area contributed by atoms with Gasteiger partial charge in [0.15, 0.2) is 0 Å². The number of nitrogens with zero attached hydrogens (tertiary/aromatic N) is 2. The molecule has 2 heterocycles. The molecule has 0 bridgehead atoms. The molecule has 1 N–H and O–H groups in total. The van der Waals surface area contributed by atoms with Gasteiger partial charge in [0.2, 0.25) is 5.66 Å². The topological polar surface area (TPSA) is 61.8 Å². The third kappa shape index (κ3) is 3.43. The molecule has 5 nitrogen and oxygen atoms in total. The number of benzene rings is 2. The summed E-state index contributed by atoms with van der Waals surface area (Å²) in [7, 11) is 0. The number of fused-ring (bicyclic) bond motifs is 1. The van der Waals surface area contributed by atoms with Crippen molar-refractivity contribution in [1.82, 2.24) is 10.2 Å². The van der Waals surface area contributed by atoms with E-state index in [9.17, 15) is 9.59 Å². The van der Waals surface area contributed by atoms with Crippen molar-refractivity contribution in [2.45, 2.75) is 19.0 Å². The van der Waals surface area contributed by atoms with E-state index in [1.165, 1.54) is 4.90 Å².